The molecule has 0 radical (unpaired) electrons. The average molecular weight is 477 g/mol. The van der Waals surface area contributed by atoms with Crippen molar-refractivity contribution >= 4 is 28.7 Å². The Bertz CT molecular complexity index is 1330. The van der Waals surface area contributed by atoms with Crippen LogP contribution in [0.25, 0.3) is 11.2 Å². The maximum absolute atomic E-state index is 5.99. The van der Waals surface area contributed by atoms with Gasteiger partial charge in [-0.2, -0.15) is 10.1 Å². The minimum Gasteiger partial charge on any atom is -0.439 e. The first-order chi connectivity index (χ1) is 16.8. The molecular weight excluding hydrogens is 444 g/mol. The first-order valence-corrected chi connectivity index (χ1v) is 12.0. The fraction of sp³-hybridized carbons (Fsp3) is 0.440. The van der Waals surface area contributed by atoms with Crippen LogP contribution in [0.3, 0.4) is 0 Å². The first-order valence-electron chi connectivity index (χ1n) is 12.0. The molecule has 1 aliphatic rings. The van der Waals surface area contributed by atoms with Crippen LogP contribution in [0.2, 0.25) is 0 Å². The number of anilines is 3. The number of nitrogens with one attached hydrogen (secondary N) is 2. The van der Waals surface area contributed by atoms with E-state index in [1.54, 1.807) is 6.20 Å². The number of aryl methyl sites for hydroxylation is 1. The second-order valence-electron chi connectivity index (χ2n) is 9.75. The van der Waals surface area contributed by atoms with Crippen molar-refractivity contribution < 1.29 is 9.47 Å². The fourth-order valence-electron chi connectivity index (χ4n) is 4.21. The van der Waals surface area contributed by atoms with Crippen molar-refractivity contribution in [3.05, 3.63) is 42.2 Å². The summed E-state index contributed by atoms with van der Waals surface area (Å²) in [5.41, 5.74) is 2.60. The molecule has 10 heteroatoms. The topological polar surface area (TPSA) is 104 Å². The molecular formula is C25H32N8O2. The lowest BCUT2D eigenvalue weighted by atomic mass is 9.91. The number of aromatic nitrogens is 6. The lowest BCUT2D eigenvalue weighted by Crippen LogP contribution is -2.22. The first kappa shape index (κ1) is 23.1. The minimum atomic E-state index is -0.0465. The number of ether oxygens (including phenoxy) is 2. The molecule has 0 aliphatic carbocycles. The Labute approximate surface area is 204 Å². The van der Waals surface area contributed by atoms with Crippen molar-refractivity contribution in [2.45, 2.75) is 45.6 Å². The Balaban J connectivity index is 1.41. The van der Waals surface area contributed by atoms with Crippen LogP contribution >= 0.6 is 0 Å². The molecule has 4 aromatic rings. The number of hydrogen-bond donors (Lipinski definition) is 2. The van der Waals surface area contributed by atoms with Crippen molar-refractivity contribution in [1.82, 2.24) is 29.3 Å². The van der Waals surface area contributed by atoms with E-state index in [-0.39, 0.29) is 11.5 Å². The zero-order valence-corrected chi connectivity index (χ0v) is 20.9. The molecule has 0 saturated carbocycles. The van der Waals surface area contributed by atoms with E-state index in [0.717, 1.165) is 42.4 Å². The van der Waals surface area contributed by atoms with E-state index in [9.17, 15) is 0 Å². The van der Waals surface area contributed by atoms with Gasteiger partial charge in [0.25, 0.3) is 0 Å². The number of imidazole rings is 1. The highest BCUT2D eigenvalue weighted by Gasteiger charge is 2.28. The van der Waals surface area contributed by atoms with Crippen molar-refractivity contribution in [3.63, 3.8) is 0 Å². The Morgan fingerprint density at radius 1 is 1.14 bits per heavy atom. The number of fused-ring (bicyclic) bond motifs is 1. The molecule has 2 N–H and O–H groups in total. The summed E-state index contributed by atoms with van der Waals surface area (Å²) in [6.45, 7) is 10.9. The Morgan fingerprint density at radius 2 is 2.00 bits per heavy atom. The summed E-state index contributed by atoms with van der Waals surface area (Å²) in [5.74, 6) is 3.33. The predicted octanol–water partition coefficient (Wildman–Crippen LogP) is 4.79. The zero-order valence-electron chi connectivity index (χ0n) is 20.9. The fourth-order valence-corrected chi connectivity index (χ4v) is 4.21. The summed E-state index contributed by atoms with van der Waals surface area (Å²) < 4.78 is 15.6. The summed E-state index contributed by atoms with van der Waals surface area (Å²) in [4.78, 5) is 13.7. The molecule has 0 aromatic carbocycles. The average Bonchev–Trinajstić information content (AvgIpc) is 3.55. The quantitative estimate of drug-likeness (QED) is 0.393. The number of hydrogen-bond acceptors (Lipinski definition) is 8. The van der Waals surface area contributed by atoms with Crippen LogP contribution in [-0.2, 0) is 17.2 Å². The van der Waals surface area contributed by atoms with Crippen LogP contribution in [0.4, 0.5) is 17.6 Å². The minimum absolute atomic E-state index is 0.0465. The van der Waals surface area contributed by atoms with Crippen molar-refractivity contribution in [3.8, 4) is 11.6 Å². The molecule has 1 atom stereocenters. The van der Waals surface area contributed by atoms with Gasteiger partial charge in [0.1, 0.15) is 17.1 Å². The van der Waals surface area contributed by atoms with E-state index in [2.05, 4.69) is 52.1 Å². The van der Waals surface area contributed by atoms with Crippen LogP contribution in [0.15, 0.2) is 36.5 Å². The lowest BCUT2D eigenvalue weighted by Gasteiger charge is -2.22. The molecule has 4 aromatic heterocycles. The Kier molecular flexibility index (Phi) is 6.06. The number of rotatable bonds is 7. The summed E-state index contributed by atoms with van der Waals surface area (Å²) in [5, 5.41) is 11.5. The highest BCUT2D eigenvalue weighted by Crippen LogP contribution is 2.32. The second kappa shape index (κ2) is 9.18. The molecule has 35 heavy (non-hydrogen) atoms. The molecule has 0 spiro atoms. The largest absolute Gasteiger partial charge is 0.439 e. The van der Waals surface area contributed by atoms with Gasteiger partial charge in [-0.15, -0.1) is 0 Å². The number of nitrogens with zero attached hydrogens (tertiary/aromatic N) is 6. The van der Waals surface area contributed by atoms with Gasteiger partial charge >= 0.3 is 0 Å². The van der Waals surface area contributed by atoms with Crippen LogP contribution in [0.5, 0.6) is 11.6 Å². The van der Waals surface area contributed by atoms with Gasteiger partial charge in [0.05, 0.1) is 12.6 Å². The molecule has 10 nitrogen and oxygen atoms in total. The molecule has 5 heterocycles. The monoisotopic (exact) mass is 476 g/mol. The lowest BCUT2D eigenvalue weighted by molar-refractivity contribution is 0.183. The molecule has 1 aliphatic heterocycles. The molecule has 184 valence electrons. The summed E-state index contributed by atoms with van der Waals surface area (Å²) in [6.07, 6.45) is 2.68. The standard InChI is InChI=1S/C25H32N8O2/c1-6-26-20-13-17(9-11-27-20)35-22-8-7-18-23(30-22)32(5)24(28-18)29-21-14-19(25(2,3)4)33(31-21)16-10-12-34-15-16/h7-9,11,13-14,16H,6,10,12,15H2,1-5H3,(H,26,27)(H,28,29,31). The van der Waals surface area contributed by atoms with Crippen LogP contribution in [-0.4, -0.2) is 49.1 Å². The molecule has 5 rings (SSSR count). The molecule has 1 fully saturated rings. The zero-order chi connectivity index (χ0) is 24.6. The number of pyridine rings is 2. The van der Waals surface area contributed by atoms with E-state index in [1.807, 2.05) is 42.8 Å². The third-order valence-corrected chi connectivity index (χ3v) is 6.00. The predicted molar refractivity (Wildman–Crippen MR) is 136 cm³/mol. The Morgan fingerprint density at radius 3 is 2.74 bits per heavy atom. The van der Waals surface area contributed by atoms with E-state index in [4.69, 9.17) is 19.6 Å². The van der Waals surface area contributed by atoms with Crippen LogP contribution < -0.4 is 15.4 Å². The van der Waals surface area contributed by atoms with Crippen molar-refractivity contribution in [2.24, 2.45) is 7.05 Å². The maximum Gasteiger partial charge on any atom is 0.221 e. The molecule has 1 saturated heterocycles. The Hall–Kier alpha value is -3.66. The van der Waals surface area contributed by atoms with E-state index in [0.29, 0.717) is 29.8 Å². The van der Waals surface area contributed by atoms with Crippen molar-refractivity contribution in [1.29, 1.82) is 0 Å². The van der Waals surface area contributed by atoms with Gasteiger partial charge in [-0.25, -0.2) is 9.97 Å². The smallest absolute Gasteiger partial charge is 0.221 e. The van der Waals surface area contributed by atoms with E-state index < -0.39 is 0 Å². The van der Waals surface area contributed by atoms with Gasteiger partial charge in [0.15, 0.2) is 11.5 Å². The molecule has 0 bridgehead atoms. The summed E-state index contributed by atoms with van der Waals surface area (Å²) in [6, 6.07) is 9.74. The van der Waals surface area contributed by atoms with Gasteiger partial charge in [-0.1, -0.05) is 20.8 Å². The van der Waals surface area contributed by atoms with Crippen LogP contribution in [0.1, 0.15) is 45.9 Å². The van der Waals surface area contributed by atoms with E-state index >= 15 is 0 Å². The van der Waals surface area contributed by atoms with Gasteiger partial charge in [-0.3, -0.25) is 9.25 Å². The molecule has 1 unspecified atom stereocenters. The SMILES string of the molecule is CCNc1cc(Oc2ccc3nc(Nc4cc(C(C)(C)C)n(C5CCOC5)n4)n(C)c3n2)ccn1. The van der Waals surface area contributed by atoms with Gasteiger partial charge < -0.3 is 20.1 Å². The normalized spacial score (nSPS) is 16.1. The van der Waals surface area contributed by atoms with Crippen LogP contribution in [0, 0.1) is 0 Å². The third kappa shape index (κ3) is 4.79. The van der Waals surface area contributed by atoms with Gasteiger partial charge in [0, 0.05) is 55.7 Å². The second-order valence-corrected chi connectivity index (χ2v) is 9.75. The van der Waals surface area contributed by atoms with Gasteiger partial charge in [-0.05, 0) is 25.5 Å². The summed E-state index contributed by atoms with van der Waals surface area (Å²) >= 11 is 0. The summed E-state index contributed by atoms with van der Waals surface area (Å²) in [7, 11) is 1.93. The van der Waals surface area contributed by atoms with Crippen molar-refractivity contribution in [2.75, 3.05) is 30.4 Å². The highest BCUT2D eigenvalue weighted by atomic mass is 16.5. The highest BCUT2D eigenvalue weighted by molar-refractivity contribution is 5.76. The third-order valence-electron chi connectivity index (χ3n) is 6.00. The molecule has 0 amide bonds. The maximum atomic E-state index is 5.99. The van der Waals surface area contributed by atoms with E-state index in [1.165, 1.54) is 0 Å². The van der Waals surface area contributed by atoms with Gasteiger partial charge in [0.2, 0.25) is 11.8 Å².